The smallest absolute Gasteiger partial charge is 0.275 e. The van der Waals surface area contributed by atoms with Crippen LogP contribution in [0.15, 0.2) is 5.38 Å². The van der Waals surface area contributed by atoms with Crippen LogP contribution in [0.1, 0.15) is 41.2 Å². The van der Waals surface area contributed by atoms with Crippen molar-refractivity contribution in [1.82, 2.24) is 14.9 Å². The maximum atomic E-state index is 12.6. The van der Waals surface area contributed by atoms with Crippen LogP contribution < -0.4 is 0 Å². The molecule has 0 N–H and O–H groups in total. The van der Waals surface area contributed by atoms with Gasteiger partial charge in [-0.1, -0.05) is 0 Å². The summed E-state index contributed by atoms with van der Waals surface area (Å²) in [5.41, 5.74) is 0.508. The number of likely N-dealkylation sites (tertiary alicyclic amines) is 1. The SMILES string of the molecule is Cc1nc(C(=O)N2CC[C@H]3C[C@@H](C(=O)N4CCCCO4)O[C@@H]3C2)cs1. The summed E-state index contributed by atoms with van der Waals surface area (Å²) in [7, 11) is 0. The van der Waals surface area contributed by atoms with Gasteiger partial charge in [-0.25, -0.2) is 10.0 Å². The molecule has 3 fully saturated rings. The van der Waals surface area contributed by atoms with Gasteiger partial charge in [-0.2, -0.15) is 0 Å². The van der Waals surface area contributed by atoms with Gasteiger partial charge >= 0.3 is 0 Å². The molecule has 3 saturated heterocycles. The van der Waals surface area contributed by atoms with E-state index in [2.05, 4.69) is 4.98 Å². The van der Waals surface area contributed by atoms with E-state index in [1.54, 1.807) is 10.3 Å². The van der Waals surface area contributed by atoms with Crippen molar-refractivity contribution in [3.8, 4) is 0 Å². The molecule has 1 aromatic rings. The third-order valence-corrected chi connectivity index (χ3v) is 5.97. The Morgan fingerprint density at radius 1 is 1.32 bits per heavy atom. The normalized spacial score (nSPS) is 29.6. The highest BCUT2D eigenvalue weighted by Crippen LogP contribution is 2.34. The fraction of sp³-hybridized carbons (Fsp3) is 0.706. The maximum Gasteiger partial charge on any atom is 0.275 e. The molecule has 4 rings (SSSR count). The summed E-state index contributed by atoms with van der Waals surface area (Å²) in [5, 5.41) is 4.16. The van der Waals surface area contributed by atoms with Gasteiger partial charge in [0.15, 0.2) is 0 Å². The number of hydrogen-bond donors (Lipinski definition) is 0. The predicted molar refractivity (Wildman–Crippen MR) is 91.0 cm³/mol. The van der Waals surface area contributed by atoms with Crippen molar-refractivity contribution >= 4 is 23.2 Å². The number of amides is 2. The van der Waals surface area contributed by atoms with E-state index in [1.807, 2.05) is 6.92 Å². The molecule has 1 aromatic heterocycles. The zero-order chi connectivity index (χ0) is 17.4. The number of ether oxygens (including phenoxy) is 1. The van der Waals surface area contributed by atoms with E-state index in [1.165, 1.54) is 16.4 Å². The van der Waals surface area contributed by atoms with Gasteiger partial charge in [-0.15, -0.1) is 11.3 Å². The first-order valence-electron chi connectivity index (χ1n) is 8.93. The van der Waals surface area contributed by atoms with Crippen LogP contribution in [0, 0.1) is 12.8 Å². The quantitative estimate of drug-likeness (QED) is 0.796. The van der Waals surface area contributed by atoms with Crippen molar-refractivity contribution in [3.63, 3.8) is 0 Å². The number of hydrogen-bond acceptors (Lipinski definition) is 6. The summed E-state index contributed by atoms with van der Waals surface area (Å²) in [6.45, 7) is 4.36. The minimum atomic E-state index is -0.440. The van der Waals surface area contributed by atoms with Gasteiger partial charge in [0.25, 0.3) is 11.8 Å². The fourth-order valence-electron chi connectivity index (χ4n) is 3.83. The van der Waals surface area contributed by atoms with Gasteiger partial charge in [-0.3, -0.25) is 14.4 Å². The van der Waals surface area contributed by atoms with Crippen molar-refractivity contribution in [2.24, 2.45) is 5.92 Å². The lowest BCUT2D eigenvalue weighted by Crippen LogP contribution is -2.46. The van der Waals surface area contributed by atoms with Crippen LogP contribution >= 0.6 is 11.3 Å². The largest absolute Gasteiger partial charge is 0.363 e. The van der Waals surface area contributed by atoms with Gasteiger partial charge in [-0.05, 0) is 38.5 Å². The van der Waals surface area contributed by atoms with E-state index in [0.717, 1.165) is 30.7 Å². The molecule has 25 heavy (non-hydrogen) atoms. The fourth-order valence-corrected chi connectivity index (χ4v) is 4.42. The Morgan fingerprint density at radius 3 is 2.92 bits per heavy atom. The number of rotatable bonds is 2. The van der Waals surface area contributed by atoms with E-state index in [4.69, 9.17) is 9.57 Å². The lowest BCUT2D eigenvalue weighted by atomic mass is 9.91. The first kappa shape index (κ1) is 16.9. The maximum absolute atomic E-state index is 12.6. The van der Waals surface area contributed by atoms with Gasteiger partial charge in [0.2, 0.25) is 0 Å². The molecule has 4 heterocycles. The number of nitrogens with zero attached hydrogens (tertiary/aromatic N) is 3. The van der Waals surface area contributed by atoms with Gasteiger partial charge < -0.3 is 9.64 Å². The standard InChI is InChI=1S/C17H23N3O4S/c1-11-18-13(10-25-11)16(21)19-6-4-12-8-14(24-15(12)9-19)17(22)20-5-2-3-7-23-20/h10,12,14-15H,2-9H2,1H3/t12-,14-,15+/m0/s1. The Balaban J connectivity index is 1.37. The van der Waals surface area contributed by atoms with Crippen LogP contribution in [-0.4, -0.2) is 65.2 Å². The Morgan fingerprint density at radius 2 is 2.20 bits per heavy atom. The minimum absolute atomic E-state index is 0.0412. The number of carbonyl (C=O) groups is 2. The molecule has 0 unspecified atom stereocenters. The van der Waals surface area contributed by atoms with Gasteiger partial charge in [0.05, 0.1) is 17.7 Å². The van der Waals surface area contributed by atoms with E-state index in [-0.39, 0.29) is 17.9 Å². The molecule has 0 saturated carbocycles. The van der Waals surface area contributed by atoms with Crippen molar-refractivity contribution in [2.45, 2.75) is 44.8 Å². The Kier molecular flexibility index (Phi) is 4.75. The number of aromatic nitrogens is 1. The molecule has 3 atom stereocenters. The van der Waals surface area contributed by atoms with Crippen LogP contribution in [0.4, 0.5) is 0 Å². The molecule has 7 nitrogen and oxygen atoms in total. The number of thiazole rings is 1. The Bertz CT molecular complexity index is 658. The molecule has 0 spiro atoms. The highest BCUT2D eigenvalue weighted by molar-refractivity contribution is 7.09. The molecule has 8 heteroatoms. The molecule has 3 aliphatic heterocycles. The molecule has 0 radical (unpaired) electrons. The van der Waals surface area contributed by atoms with Crippen LogP contribution in [0.5, 0.6) is 0 Å². The molecule has 3 aliphatic rings. The average molecular weight is 365 g/mol. The zero-order valence-corrected chi connectivity index (χ0v) is 15.2. The third kappa shape index (κ3) is 3.43. The van der Waals surface area contributed by atoms with Gasteiger partial charge in [0, 0.05) is 25.0 Å². The highest BCUT2D eigenvalue weighted by Gasteiger charge is 2.44. The topological polar surface area (TPSA) is 72.0 Å². The summed E-state index contributed by atoms with van der Waals surface area (Å²) >= 11 is 1.48. The highest BCUT2D eigenvalue weighted by atomic mass is 32.1. The van der Waals surface area contributed by atoms with E-state index >= 15 is 0 Å². The van der Waals surface area contributed by atoms with Crippen LogP contribution in [0.2, 0.25) is 0 Å². The summed E-state index contributed by atoms with van der Waals surface area (Å²) in [6.07, 6.45) is 3.04. The minimum Gasteiger partial charge on any atom is -0.363 e. The molecular weight excluding hydrogens is 342 g/mol. The summed E-state index contributed by atoms with van der Waals surface area (Å²) < 4.78 is 6.02. The number of piperidine rings is 1. The summed E-state index contributed by atoms with van der Waals surface area (Å²) in [6, 6.07) is 0. The number of aryl methyl sites for hydroxylation is 1. The number of hydroxylamine groups is 2. The monoisotopic (exact) mass is 365 g/mol. The predicted octanol–water partition coefficient (Wildman–Crippen LogP) is 1.63. The molecular formula is C17H23N3O4S. The van der Waals surface area contributed by atoms with Crippen molar-refractivity contribution in [3.05, 3.63) is 16.1 Å². The number of fused-ring (bicyclic) bond motifs is 1. The summed E-state index contributed by atoms with van der Waals surface area (Å²) in [5.74, 6) is 0.225. The van der Waals surface area contributed by atoms with Crippen LogP contribution in [0.3, 0.4) is 0 Å². The second kappa shape index (κ2) is 7.01. The summed E-state index contributed by atoms with van der Waals surface area (Å²) in [4.78, 5) is 36.7. The van der Waals surface area contributed by atoms with Crippen molar-refractivity contribution in [2.75, 3.05) is 26.2 Å². The third-order valence-electron chi connectivity index (χ3n) is 5.20. The lowest BCUT2D eigenvalue weighted by Gasteiger charge is -2.33. The van der Waals surface area contributed by atoms with Gasteiger partial charge in [0.1, 0.15) is 11.8 Å². The van der Waals surface area contributed by atoms with Crippen molar-refractivity contribution in [1.29, 1.82) is 0 Å². The first-order valence-corrected chi connectivity index (χ1v) is 9.81. The first-order chi connectivity index (χ1) is 12.1. The molecule has 2 amide bonds. The second-order valence-electron chi connectivity index (χ2n) is 6.93. The number of carbonyl (C=O) groups excluding carboxylic acids is 2. The Hall–Kier alpha value is -1.51. The Labute approximate surface area is 150 Å². The lowest BCUT2D eigenvalue weighted by molar-refractivity contribution is -0.206. The van der Waals surface area contributed by atoms with Crippen LogP contribution in [-0.2, 0) is 14.4 Å². The van der Waals surface area contributed by atoms with Crippen LogP contribution in [0.25, 0.3) is 0 Å². The van der Waals surface area contributed by atoms with Crippen molar-refractivity contribution < 1.29 is 19.2 Å². The van der Waals surface area contributed by atoms with E-state index in [0.29, 0.717) is 37.9 Å². The van der Waals surface area contributed by atoms with E-state index < -0.39 is 6.10 Å². The molecule has 136 valence electrons. The second-order valence-corrected chi connectivity index (χ2v) is 7.99. The molecule has 0 bridgehead atoms. The average Bonchev–Trinajstić information content (AvgIpc) is 3.26. The van der Waals surface area contributed by atoms with E-state index in [9.17, 15) is 9.59 Å². The molecule has 0 aromatic carbocycles. The zero-order valence-electron chi connectivity index (χ0n) is 14.3. The molecule has 0 aliphatic carbocycles.